The van der Waals surface area contributed by atoms with E-state index in [1.807, 2.05) is 6.07 Å². The van der Waals surface area contributed by atoms with Crippen molar-refractivity contribution in [2.75, 3.05) is 6.61 Å². The number of hydrogen-bond acceptors (Lipinski definition) is 4. The Balaban J connectivity index is 2.46. The van der Waals surface area contributed by atoms with Crippen molar-refractivity contribution < 1.29 is 14.6 Å². The maximum Gasteiger partial charge on any atom is 0.305 e. The second-order valence-corrected chi connectivity index (χ2v) is 6.39. The molecule has 1 N–H and O–H groups in total. The SMILES string of the molecule is CCOC(=O)CCC(O)c1cc(Br)c(Br)s1. The van der Waals surface area contributed by atoms with Crippen LogP contribution in [0.25, 0.3) is 0 Å². The molecule has 0 aliphatic heterocycles. The minimum Gasteiger partial charge on any atom is -0.466 e. The second kappa shape index (κ2) is 6.74. The fourth-order valence-electron chi connectivity index (χ4n) is 1.16. The number of carbonyl (C=O) groups excluding carboxylic acids is 1. The fourth-order valence-corrected chi connectivity index (χ4v) is 3.27. The van der Waals surface area contributed by atoms with Crippen LogP contribution in [0.1, 0.15) is 30.7 Å². The highest BCUT2D eigenvalue weighted by Gasteiger charge is 2.14. The van der Waals surface area contributed by atoms with Crippen molar-refractivity contribution in [1.82, 2.24) is 0 Å². The molecule has 0 bridgehead atoms. The standard InChI is InChI=1S/C10H12Br2O3S/c1-2-15-9(14)4-3-7(13)8-5-6(11)10(12)16-8/h5,7,13H,2-4H2,1H3. The van der Waals surface area contributed by atoms with Crippen molar-refractivity contribution in [1.29, 1.82) is 0 Å². The fraction of sp³-hybridized carbons (Fsp3) is 0.500. The number of rotatable bonds is 5. The lowest BCUT2D eigenvalue weighted by Crippen LogP contribution is -2.06. The van der Waals surface area contributed by atoms with E-state index in [0.29, 0.717) is 13.0 Å². The van der Waals surface area contributed by atoms with Gasteiger partial charge in [0.1, 0.15) is 0 Å². The third-order valence-electron chi connectivity index (χ3n) is 1.92. The van der Waals surface area contributed by atoms with E-state index in [0.717, 1.165) is 13.1 Å². The van der Waals surface area contributed by atoms with Gasteiger partial charge in [-0.25, -0.2) is 0 Å². The van der Waals surface area contributed by atoms with Gasteiger partial charge in [-0.3, -0.25) is 4.79 Å². The van der Waals surface area contributed by atoms with Gasteiger partial charge in [-0.15, -0.1) is 11.3 Å². The first-order valence-electron chi connectivity index (χ1n) is 4.83. The van der Waals surface area contributed by atoms with E-state index in [-0.39, 0.29) is 12.4 Å². The maximum atomic E-state index is 11.1. The number of carbonyl (C=O) groups is 1. The Morgan fingerprint density at radius 3 is 2.81 bits per heavy atom. The van der Waals surface area contributed by atoms with Crippen LogP contribution in [0.2, 0.25) is 0 Å². The summed E-state index contributed by atoms with van der Waals surface area (Å²) in [5, 5.41) is 9.84. The van der Waals surface area contributed by atoms with Crippen LogP contribution in [0.4, 0.5) is 0 Å². The van der Waals surface area contributed by atoms with Crippen LogP contribution in [-0.2, 0) is 9.53 Å². The summed E-state index contributed by atoms with van der Waals surface area (Å²) in [5.74, 6) is -0.267. The summed E-state index contributed by atoms with van der Waals surface area (Å²) in [5.41, 5.74) is 0. The molecule has 0 aliphatic rings. The van der Waals surface area contributed by atoms with Crippen molar-refractivity contribution in [3.63, 3.8) is 0 Å². The molecule has 0 fully saturated rings. The average molecular weight is 372 g/mol. The summed E-state index contributed by atoms with van der Waals surface area (Å²) in [6.45, 7) is 2.15. The molecule has 0 aliphatic carbocycles. The van der Waals surface area contributed by atoms with Crippen LogP contribution in [0.15, 0.2) is 14.3 Å². The van der Waals surface area contributed by atoms with Gasteiger partial charge in [0.25, 0.3) is 0 Å². The molecular formula is C10H12Br2O3S. The molecule has 0 saturated carbocycles. The highest BCUT2D eigenvalue weighted by atomic mass is 79.9. The third-order valence-corrected chi connectivity index (χ3v) is 5.28. The predicted molar refractivity (Wildman–Crippen MR) is 70.5 cm³/mol. The quantitative estimate of drug-likeness (QED) is 0.803. The molecule has 1 unspecified atom stereocenters. The Kier molecular flexibility index (Phi) is 5.96. The van der Waals surface area contributed by atoms with Gasteiger partial charge in [0.15, 0.2) is 0 Å². The summed E-state index contributed by atoms with van der Waals surface area (Å²) in [6, 6.07) is 1.85. The number of ether oxygens (including phenoxy) is 1. The van der Waals surface area contributed by atoms with Gasteiger partial charge in [0, 0.05) is 15.8 Å². The van der Waals surface area contributed by atoms with Crippen molar-refractivity contribution in [2.24, 2.45) is 0 Å². The number of hydrogen-bond donors (Lipinski definition) is 1. The van der Waals surface area contributed by atoms with Crippen molar-refractivity contribution in [3.8, 4) is 0 Å². The highest BCUT2D eigenvalue weighted by Crippen LogP contribution is 2.36. The van der Waals surface area contributed by atoms with Crippen molar-refractivity contribution >= 4 is 49.2 Å². The lowest BCUT2D eigenvalue weighted by molar-refractivity contribution is -0.143. The van der Waals surface area contributed by atoms with E-state index >= 15 is 0 Å². The molecule has 1 heterocycles. The molecule has 90 valence electrons. The number of aliphatic hydroxyl groups is 1. The molecular weight excluding hydrogens is 360 g/mol. The summed E-state index contributed by atoms with van der Waals surface area (Å²) >= 11 is 8.16. The van der Waals surface area contributed by atoms with Crippen LogP contribution in [-0.4, -0.2) is 17.7 Å². The Labute approximate surface area is 115 Å². The van der Waals surface area contributed by atoms with Crippen LogP contribution in [0.5, 0.6) is 0 Å². The first-order chi connectivity index (χ1) is 7.54. The van der Waals surface area contributed by atoms with E-state index in [9.17, 15) is 9.90 Å². The molecule has 0 aromatic carbocycles. The van der Waals surface area contributed by atoms with Crippen LogP contribution in [0, 0.1) is 0 Å². The zero-order valence-electron chi connectivity index (χ0n) is 8.70. The summed E-state index contributed by atoms with van der Waals surface area (Å²) in [4.78, 5) is 11.9. The molecule has 1 atom stereocenters. The zero-order chi connectivity index (χ0) is 12.1. The molecule has 6 heteroatoms. The normalized spacial score (nSPS) is 12.5. The topological polar surface area (TPSA) is 46.5 Å². The average Bonchev–Trinajstić information content (AvgIpc) is 2.56. The van der Waals surface area contributed by atoms with Gasteiger partial charge in [-0.05, 0) is 51.3 Å². The summed E-state index contributed by atoms with van der Waals surface area (Å²) in [6.07, 6.45) is 0.0115. The maximum absolute atomic E-state index is 11.1. The van der Waals surface area contributed by atoms with Crippen molar-refractivity contribution in [3.05, 3.63) is 19.2 Å². The minimum atomic E-state index is -0.614. The predicted octanol–water partition coefficient (Wildman–Crippen LogP) is 3.65. The lowest BCUT2D eigenvalue weighted by Gasteiger charge is -2.07. The molecule has 1 aromatic heterocycles. The van der Waals surface area contributed by atoms with Crippen LogP contribution >= 0.6 is 43.2 Å². The molecule has 3 nitrogen and oxygen atoms in total. The zero-order valence-corrected chi connectivity index (χ0v) is 12.7. The molecule has 0 amide bonds. The molecule has 0 spiro atoms. The molecule has 16 heavy (non-hydrogen) atoms. The van der Waals surface area contributed by atoms with Crippen LogP contribution in [0.3, 0.4) is 0 Å². The van der Waals surface area contributed by atoms with Gasteiger partial charge >= 0.3 is 5.97 Å². The first-order valence-corrected chi connectivity index (χ1v) is 7.23. The number of esters is 1. The lowest BCUT2D eigenvalue weighted by atomic mass is 10.2. The molecule has 1 rings (SSSR count). The summed E-state index contributed by atoms with van der Waals surface area (Å²) in [7, 11) is 0. The Bertz CT molecular complexity index is 345. The molecule has 0 radical (unpaired) electrons. The molecule has 0 saturated heterocycles. The first kappa shape index (κ1) is 14.2. The second-order valence-electron chi connectivity index (χ2n) is 3.13. The number of thiophene rings is 1. The smallest absolute Gasteiger partial charge is 0.305 e. The van der Waals surface area contributed by atoms with Gasteiger partial charge < -0.3 is 9.84 Å². The van der Waals surface area contributed by atoms with Gasteiger partial charge in [-0.1, -0.05) is 0 Å². The highest BCUT2D eigenvalue weighted by molar-refractivity contribution is 9.13. The van der Waals surface area contributed by atoms with E-state index in [4.69, 9.17) is 4.74 Å². The largest absolute Gasteiger partial charge is 0.466 e. The number of halogens is 2. The van der Waals surface area contributed by atoms with Crippen LogP contribution < -0.4 is 0 Å². The summed E-state index contributed by atoms with van der Waals surface area (Å²) < 4.78 is 6.65. The number of aliphatic hydroxyl groups excluding tert-OH is 1. The van der Waals surface area contributed by atoms with Crippen molar-refractivity contribution in [2.45, 2.75) is 25.9 Å². The van der Waals surface area contributed by atoms with Gasteiger partial charge in [0.2, 0.25) is 0 Å². The monoisotopic (exact) mass is 370 g/mol. The molecule has 1 aromatic rings. The Morgan fingerprint density at radius 2 is 2.31 bits per heavy atom. The Hall–Kier alpha value is 0.0900. The third kappa shape index (κ3) is 4.16. The Morgan fingerprint density at radius 1 is 1.62 bits per heavy atom. The van der Waals surface area contributed by atoms with E-state index in [1.165, 1.54) is 11.3 Å². The minimum absolute atomic E-state index is 0.238. The van der Waals surface area contributed by atoms with Gasteiger partial charge in [-0.2, -0.15) is 0 Å². The van der Waals surface area contributed by atoms with Gasteiger partial charge in [0.05, 0.1) is 16.5 Å². The van der Waals surface area contributed by atoms with E-state index in [2.05, 4.69) is 31.9 Å². The van der Waals surface area contributed by atoms with E-state index < -0.39 is 6.10 Å². The van der Waals surface area contributed by atoms with E-state index in [1.54, 1.807) is 6.92 Å².